The van der Waals surface area contributed by atoms with Crippen molar-refractivity contribution < 1.29 is 40.1 Å². The summed E-state index contributed by atoms with van der Waals surface area (Å²) in [5, 5.41) is 5.94. The zero-order valence-electron chi connectivity index (χ0n) is 18.4. The lowest BCUT2D eigenvalue weighted by atomic mass is 9.96. The predicted octanol–water partition coefficient (Wildman–Crippen LogP) is 2.29. The molecule has 0 bridgehead atoms. The lowest BCUT2D eigenvalue weighted by Crippen LogP contribution is -2.56. The van der Waals surface area contributed by atoms with Crippen LogP contribution in [0.1, 0.15) is 38.0 Å². The highest BCUT2D eigenvalue weighted by Gasteiger charge is 2.39. The number of hydrogen-bond donors (Lipinski definition) is 1. The molecule has 2 unspecified atom stereocenters. The molecule has 2 atom stereocenters. The number of amides is 2. The van der Waals surface area contributed by atoms with Crippen LogP contribution in [-0.4, -0.2) is 66.7 Å². The standard InChI is InChI=1S/C20H21F4N5O5S/c1-35(32,33)11-8-12(21)16(13(22)9-11)25-14-3-2-5-28(19(14)31)10-4-6-29(15(30)7-10)20-26-18(17(23)24)34-27-20/h8-10,14,17,25H,2-7H2,1H3. The molecule has 2 amide bonds. The van der Waals surface area contributed by atoms with Gasteiger partial charge in [-0.15, -0.1) is 0 Å². The molecule has 0 radical (unpaired) electrons. The number of aromatic nitrogens is 2. The number of benzene rings is 1. The third-order valence-corrected chi connectivity index (χ3v) is 7.02. The molecule has 10 nitrogen and oxygen atoms in total. The van der Waals surface area contributed by atoms with Crippen molar-refractivity contribution in [2.75, 3.05) is 29.6 Å². The molecular formula is C20H21F4N5O5S. The first-order valence-corrected chi connectivity index (χ1v) is 12.5. The van der Waals surface area contributed by atoms with E-state index in [1.165, 1.54) is 4.90 Å². The molecule has 0 saturated carbocycles. The lowest BCUT2D eigenvalue weighted by Gasteiger charge is -2.41. The van der Waals surface area contributed by atoms with Gasteiger partial charge in [-0.1, -0.05) is 0 Å². The second kappa shape index (κ2) is 9.43. The maximum atomic E-state index is 14.5. The number of alkyl halides is 2. The van der Waals surface area contributed by atoms with Crippen LogP contribution in [0.25, 0.3) is 0 Å². The number of nitrogens with zero attached hydrogens (tertiary/aromatic N) is 4. The number of carbonyl (C=O) groups excluding carboxylic acids is 2. The van der Waals surface area contributed by atoms with Crippen molar-refractivity contribution in [3.8, 4) is 0 Å². The van der Waals surface area contributed by atoms with Gasteiger partial charge in [-0.2, -0.15) is 13.8 Å². The molecule has 35 heavy (non-hydrogen) atoms. The van der Waals surface area contributed by atoms with Gasteiger partial charge in [0, 0.05) is 31.8 Å². The Bertz CT molecular complexity index is 1230. The van der Waals surface area contributed by atoms with Crippen molar-refractivity contribution in [1.29, 1.82) is 0 Å². The van der Waals surface area contributed by atoms with Gasteiger partial charge in [0.05, 0.1) is 4.90 Å². The third kappa shape index (κ3) is 5.09. The summed E-state index contributed by atoms with van der Waals surface area (Å²) in [6.07, 6.45) is -1.22. The van der Waals surface area contributed by atoms with Crippen LogP contribution in [0.4, 0.5) is 29.2 Å². The van der Waals surface area contributed by atoms with E-state index in [1.807, 2.05) is 0 Å². The van der Waals surface area contributed by atoms with Gasteiger partial charge in [-0.3, -0.25) is 14.5 Å². The first-order chi connectivity index (χ1) is 16.5. The highest BCUT2D eigenvalue weighted by Crippen LogP contribution is 2.29. The van der Waals surface area contributed by atoms with E-state index in [0.717, 1.165) is 11.2 Å². The second-order valence-corrected chi connectivity index (χ2v) is 10.3. The number of piperidine rings is 2. The van der Waals surface area contributed by atoms with E-state index in [0.29, 0.717) is 31.5 Å². The Morgan fingerprint density at radius 1 is 1.14 bits per heavy atom. The number of nitrogens with one attached hydrogen (secondary N) is 1. The van der Waals surface area contributed by atoms with E-state index in [9.17, 15) is 35.6 Å². The summed E-state index contributed by atoms with van der Waals surface area (Å²) in [5.74, 6) is -4.44. The van der Waals surface area contributed by atoms with Crippen molar-refractivity contribution >= 4 is 33.3 Å². The number of sulfone groups is 1. The quantitative estimate of drug-likeness (QED) is 0.577. The molecule has 2 saturated heterocycles. The number of rotatable bonds is 6. The summed E-state index contributed by atoms with van der Waals surface area (Å²) in [6.45, 7) is 0.383. The fraction of sp³-hybridized carbons (Fsp3) is 0.500. The minimum absolute atomic E-state index is 0.0593. The minimum atomic E-state index is -3.84. The van der Waals surface area contributed by atoms with Gasteiger partial charge in [0.25, 0.3) is 11.8 Å². The first kappa shape index (κ1) is 24.9. The highest BCUT2D eigenvalue weighted by atomic mass is 32.2. The zero-order valence-corrected chi connectivity index (χ0v) is 19.2. The average molecular weight is 519 g/mol. The van der Waals surface area contributed by atoms with Crippen molar-refractivity contribution in [1.82, 2.24) is 15.0 Å². The Morgan fingerprint density at radius 2 is 1.83 bits per heavy atom. The summed E-state index contributed by atoms with van der Waals surface area (Å²) >= 11 is 0. The molecule has 2 fully saturated rings. The zero-order chi connectivity index (χ0) is 25.5. The van der Waals surface area contributed by atoms with E-state index >= 15 is 0 Å². The second-order valence-electron chi connectivity index (χ2n) is 8.33. The van der Waals surface area contributed by atoms with Gasteiger partial charge in [0.2, 0.25) is 11.8 Å². The minimum Gasteiger partial charge on any atom is -0.369 e. The molecule has 3 heterocycles. The van der Waals surface area contributed by atoms with Crippen LogP contribution < -0.4 is 10.2 Å². The maximum Gasteiger partial charge on any atom is 0.316 e. The largest absolute Gasteiger partial charge is 0.369 e. The first-order valence-electron chi connectivity index (χ1n) is 10.6. The summed E-state index contributed by atoms with van der Waals surface area (Å²) in [7, 11) is -3.84. The monoisotopic (exact) mass is 519 g/mol. The van der Waals surface area contributed by atoms with Gasteiger partial charge in [0.15, 0.2) is 21.5 Å². The topological polar surface area (TPSA) is 126 Å². The van der Waals surface area contributed by atoms with Gasteiger partial charge in [-0.05, 0) is 36.6 Å². The van der Waals surface area contributed by atoms with Crippen molar-refractivity contribution in [2.45, 2.75) is 49.1 Å². The molecule has 2 aromatic rings. The van der Waals surface area contributed by atoms with E-state index in [1.54, 1.807) is 0 Å². The van der Waals surface area contributed by atoms with Crippen LogP contribution in [0.5, 0.6) is 0 Å². The number of likely N-dealkylation sites (tertiary alicyclic amines) is 1. The molecule has 2 aliphatic heterocycles. The Labute approximate surface area is 197 Å². The maximum absolute atomic E-state index is 14.5. The lowest BCUT2D eigenvalue weighted by molar-refractivity contribution is -0.138. The number of hydrogen-bond acceptors (Lipinski definition) is 8. The van der Waals surface area contributed by atoms with E-state index in [-0.39, 0.29) is 25.3 Å². The van der Waals surface area contributed by atoms with E-state index < -0.39 is 68.3 Å². The van der Waals surface area contributed by atoms with E-state index in [2.05, 4.69) is 20.0 Å². The number of anilines is 2. The average Bonchev–Trinajstić information content (AvgIpc) is 3.27. The van der Waals surface area contributed by atoms with Crippen LogP contribution in [-0.2, 0) is 19.4 Å². The van der Waals surface area contributed by atoms with Crippen LogP contribution >= 0.6 is 0 Å². The molecule has 0 spiro atoms. The Hall–Kier alpha value is -3.23. The summed E-state index contributed by atoms with van der Waals surface area (Å²) in [6, 6.07) is -0.148. The van der Waals surface area contributed by atoms with Gasteiger partial charge in [0.1, 0.15) is 11.7 Å². The fourth-order valence-corrected chi connectivity index (χ4v) is 4.83. The van der Waals surface area contributed by atoms with Crippen LogP contribution in [0.2, 0.25) is 0 Å². The Morgan fingerprint density at radius 3 is 2.40 bits per heavy atom. The predicted molar refractivity (Wildman–Crippen MR) is 112 cm³/mol. The molecule has 1 N–H and O–H groups in total. The molecule has 4 rings (SSSR count). The van der Waals surface area contributed by atoms with Crippen LogP contribution in [0, 0.1) is 11.6 Å². The van der Waals surface area contributed by atoms with Gasteiger partial charge in [-0.25, -0.2) is 17.2 Å². The van der Waals surface area contributed by atoms with E-state index in [4.69, 9.17) is 0 Å². The number of carbonyl (C=O) groups is 2. The molecule has 15 heteroatoms. The normalized spacial score (nSPS) is 21.7. The Kier molecular flexibility index (Phi) is 6.71. The molecule has 190 valence electrons. The third-order valence-electron chi connectivity index (χ3n) is 5.93. The van der Waals surface area contributed by atoms with Gasteiger partial charge >= 0.3 is 6.43 Å². The summed E-state index contributed by atoms with van der Waals surface area (Å²) in [4.78, 5) is 31.3. The number of halogens is 4. The molecule has 2 aliphatic rings. The summed E-state index contributed by atoms with van der Waals surface area (Å²) in [5.41, 5.74) is -0.615. The van der Waals surface area contributed by atoms with Crippen molar-refractivity contribution in [3.05, 3.63) is 29.7 Å². The SMILES string of the molecule is CS(=O)(=O)c1cc(F)c(NC2CCCN(C3CCN(c4noc(C(F)F)n4)C(=O)C3)C2=O)c(F)c1. The van der Waals surface area contributed by atoms with Crippen LogP contribution in [0.3, 0.4) is 0 Å². The highest BCUT2D eigenvalue weighted by molar-refractivity contribution is 7.90. The molecule has 1 aromatic heterocycles. The van der Waals surface area contributed by atoms with Crippen molar-refractivity contribution in [3.63, 3.8) is 0 Å². The smallest absolute Gasteiger partial charge is 0.316 e. The van der Waals surface area contributed by atoms with Crippen LogP contribution in [0.15, 0.2) is 21.6 Å². The molecular weight excluding hydrogens is 498 g/mol. The molecule has 0 aliphatic carbocycles. The Balaban J connectivity index is 1.45. The summed E-state index contributed by atoms with van der Waals surface area (Å²) < 4.78 is 81.9. The fourth-order valence-electron chi connectivity index (χ4n) is 4.19. The van der Waals surface area contributed by atoms with Gasteiger partial charge < -0.3 is 14.7 Å². The van der Waals surface area contributed by atoms with Crippen molar-refractivity contribution in [2.24, 2.45) is 0 Å². The molecule has 1 aromatic carbocycles.